The minimum atomic E-state index is -0.901. The van der Waals surface area contributed by atoms with Gasteiger partial charge in [0, 0.05) is 12.6 Å². The van der Waals surface area contributed by atoms with Crippen molar-refractivity contribution in [2.24, 2.45) is 5.92 Å². The van der Waals surface area contributed by atoms with Gasteiger partial charge in [-0.25, -0.2) is 0 Å². The molecule has 2 N–H and O–H groups in total. The van der Waals surface area contributed by atoms with Crippen molar-refractivity contribution in [3.63, 3.8) is 0 Å². The summed E-state index contributed by atoms with van der Waals surface area (Å²) in [6.07, 6.45) is 0.870. The Morgan fingerprint density at radius 2 is 1.82 bits per heavy atom. The van der Waals surface area contributed by atoms with Crippen molar-refractivity contribution in [3.05, 3.63) is 0 Å². The molecule has 0 aliphatic rings. The summed E-state index contributed by atoms with van der Waals surface area (Å²) < 4.78 is 0. The predicted molar refractivity (Wildman–Crippen MR) is 66.8 cm³/mol. The number of carbonyl (C=O) groups excluding carboxylic acids is 1. The number of nitrogens with zero attached hydrogens (tertiary/aromatic N) is 1. The van der Waals surface area contributed by atoms with E-state index in [4.69, 9.17) is 5.11 Å². The summed E-state index contributed by atoms with van der Waals surface area (Å²) in [5.74, 6) is -0.672. The number of aliphatic carboxylic acids is 1. The van der Waals surface area contributed by atoms with E-state index in [-0.39, 0.29) is 25.0 Å². The molecule has 1 unspecified atom stereocenters. The molecule has 0 bridgehead atoms. The van der Waals surface area contributed by atoms with Crippen LogP contribution >= 0.6 is 0 Å². The first-order valence-electron chi connectivity index (χ1n) is 6.08. The SMILES string of the molecule is CCC(C)NC(=O)CN(CC(=O)O)CC(C)C. The number of carboxylic acids is 1. The number of rotatable bonds is 8. The van der Waals surface area contributed by atoms with Gasteiger partial charge in [0.15, 0.2) is 0 Å². The highest BCUT2D eigenvalue weighted by Crippen LogP contribution is 1.99. The molecular weight excluding hydrogens is 220 g/mol. The average molecular weight is 244 g/mol. The third-order valence-electron chi connectivity index (χ3n) is 2.37. The third-order valence-corrected chi connectivity index (χ3v) is 2.37. The predicted octanol–water partition coefficient (Wildman–Crippen LogP) is 0.944. The normalized spacial score (nSPS) is 12.8. The highest BCUT2D eigenvalue weighted by atomic mass is 16.4. The summed E-state index contributed by atoms with van der Waals surface area (Å²) in [7, 11) is 0. The minimum Gasteiger partial charge on any atom is -0.480 e. The Balaban J connectivity index is 4.21. The van der Waals surface area contributed by atoms with Crippen molar-refractivity contribution >= 4 is 11.9 Å². The number of nitrogens with one attached hydrogen (secondary N) is 1. The lowest BCUT2D eigenvalue weighted by Gasteiger charge is -2.22. The second kappa shape index (κ2) is 8.06. The summed E-state index contributed by atoms with van der Waals surface area (Å²) >= 11 is 0. The van der Waals surface area contributed by atoms with Gasteiger partial charge in [-0.15, -0.1) is 0 Å². The van der Waals surface area contributed by atoms with Gasteiger partial charge < -0.3 is 10.4 Å². The molecule has 0 fully saturated rings. The van der Waals surface area contributed by atoms with Crippen LogP contribution in [-0.4, -0.2) is 47.6 Å². The molecule has 100 valence electrons. The molecule has 1 atom stereocenters. The molecule has 0 radical (unpaired) electrons. The average Bonchev–Trinajstić information content (AvgIpc) is 2.14. The fraction of sp³-hybridized carbons (Fsp3) is 0.833. The van der Waals surface area contributed by atoms with Crippen LogP contribution in [0.2, 0.25) is 0 Å². The maximum Gasteiger partial charge on any atom is 0.317 e. The zero-order valence-corrected chi connectivity index (χ0v) is 11.2. The van der Waals surface area contributed by atoms with Gasteiger partial charge in [-0.1, -0.05) is 20.8 Å². The first-order chi connectivity index (χ1) is 7.85. The standard InChI is InChI=1S/C12H24N2O3/c1-5-10(4)13-11(15)7-14(6-9(2)3)8-12(16)17/h9-10H,5-8H2,1-4H3,(H,13,15)(H,16,17). The Kier molecular flexibility index (Phi) is 7.54. The van der Waals surface area contributed by atoms with Crippen molar-refractivity contribution in [2.75, 3.05) is 19.6 Å². The lowest BCUT2D eigenvalue weighted by molar-refractivity contribution is -0.138. The van der Waals surface area contributed by atoms with Crippen LogP contribution in [0.4, 0.5) is 0 Å². The first-order valence-corrected chi connectivity index (χ1v) is 6.08. The molecule has 0 saturated heterocycles. The summed E-state index contributed by atoms with van der Waals surface area (Å²) in [4.78, 5) is 24.0. The lowest BCUT2D eigenvalue weighted by atomic mass is 10.2. The number of hydrogen-bond acceptors (Lipinski definition) is 3. The van der Waals surface area contributed by atoms with E-state index >= 15 is 0 Å². The van der Waals surface area contributed by atoms with E-state index in [1.54, 1.807) is 4.90 Å². The Bertz CT molecular complexity index is 254. The Labute approximate surface area is 103 Å². The van der Waals surface area contributed by atoms with E-state index in [2.05, 4.69) is 5.32 Å². The Morgan fingerprint density at radius 1 is 1.24 bits per heavy atom. The maximum absolute atomic E-state index is 11.6. The number of amides is 1. The van der Waals surface area contributed by atoms with Crippen molar-refractivity contribution in [2.45, 2.75) is 40.2 Å². The first kappa shape index (κ1) is 15.9. The van der Waals surface area contributed by atoms with Crippen molar-refractivity contribution in [1.29, 1.82) is 0 Å². The summed E-state index contributed by atoms with van der Waals surface area (Å²) in [5, 5.41) is 11.6. The monoisotopic (exact) mass is 244 g/mol. The Hall–Kier alpha value is -1.10. The van der Waals surface area contributed by atoms with Crippen LogP contribution in [-0.2, 0) is 9.59 Å². The van der Waals surface area contributed by atoms with Gasteiger partial charge in [-0.05, 0) is 19.3 Å². The Morgan fingerprint density at radius 3 is 2.24 bits per heavy atom. The van der Waals surface area contributed by atoms with Gasteiger partial charge >= 0.3 is 5.97 Å². The number of carbonyl (C=O) groups is 2. The molecule has 0 heterocycles. The van der Waals surface area contributed by atoms with Crippen molar-refractivity contribution < 1.29 is 14.7 Å². The molecule has 0 aromatic heterocycles. The fourth-order valence-corrected chi connectivity index (χ4v) is 1.52. The number of carboxylic acid groups (broad SMARTS) is 1. The molecule has 5 heteroatoms. The smallest absolute Gasteiger partial charge is 0.317 e. The summed E-state index contributed by atoms with van der Waals surface area (Å²) in [5.41, 5.74) is 0. The molecule has 0 aromatic rings. The van der Waals surface area contributed by atoms with E-state index < -0.39 is 5.97 Å². The van der Waals surface area contributed by atoms with Gasteiger partial charge in [-0.3, -0.25) is 14.5 Å². The van der Waals surface area contributed by atoms with Crippen LogP contribution in [0.15, 0.2) is 0 Å². The zero-order valence-electron chi connectivity index (χ0n) is 11.2. The van der Waals surface area contributed by atoms with E-state index in [1.807, 2.05) is 27.7 Å². The molecule has 0 aromatic carbocycles. The van der Waals surface area contributed by atoms with Gasteiger partial charge in [0.25, 0.3) is 0 Å². The third kappa shape index (κ3) is 8.68. The van der Waals surface area contributed by atoms with Crippen LogP contribution in [0.5, 0.6) is 0 Å². The van der Waals surface area contributed by atoms with E-state index in [0.717, 1.165) is 6.42 Å². The highest BCUT2D eigenvalue weighted by molar-refractivity contribution is 5.79. The van der Waals surface area contributed by atoms with Gasteiger partial charge in [0.05, 0.1) is 13.1 Å². The highest BCUT2D eigenvalue weighted by Gasteiger charge is 2.15. The maximum atomic E-state index is 11.6. The fourth-order valence-electron chi connectivity index (χ4n) is 1.52. The second-order valence-electron chi connectivity index (χ2n) is 4.83. The second-order valence-corrected chi connectivity index (χ2v) is 4.83. The van der Waals surface area contributed by atoms with Crippen LogP contribution < -0.4 is 5.32 Å². The topological polar surface area (TPSA) is 69.6 Å². The van der Waals surface area contributed by atoms with E-state index in [1.165, 1.54) is 0 Å². The molecular formula is C12H24N2O3. The van der Waals surface area contributed by atoms with Crippen molar-refractivity contribution in [1.82, 2.24) is 10.2 Å². The molecule has 1 amide bonds. The van der Waals surface area contributed by atoms with Crippen molar-refractivity contribution in [3.8, 4) is 0 Å². The quantitative estimate of drug-likeness (QED) is 0.667. The van der Waals surface area contributed by atoms with Gasteiger partial charge in [0.1, 0.15) is 0 Å². The lowest BCUT2D eigenvalue weighted by Crippen LogP contribution is -2.43. The molecule has 0 aliphatic carbocycles. The van der Waals surface area contributed by atoms with Gasteiger partial charge in [-0.2, -0.15) is 0 Å². The summed E-state index contributed by atoms with van der Waals surface area (Å²) in [6.45, 7) is 8.60. The van der Waals surface area contributed by atoms with Crippen LogP contribution in [0.3, 0.4) is 0 Å². The van der Waals surface area contributed by atoms with Crippen LogP contribution in [0.1, 0.15) is 34.1 Å². The van der Waals surface area contributed by atoms with E-state index in [9.17, 15) is 9.59 Å². The summed E-state index contributed by atoms with van der Waals surface area (Å²) in [6, 6.07) is 0.133. The molecule has 0 rings (SSSR count). The largest absolute Gasteiger partial charge is 0.480 e. The molecule has 0 aliphatic heterocycles. The minimum absolute atomic E-state index is 0.0912. The van der Waals surface area contributed by atoms with Gasteiger partial charge in [0.2, 0.25) is 5.91 Å². The molecule has 5 nitrogen and oxygen atoms in total. The molecule has 0 spiro atoms. The number of hydrogen-bond donors (Lipinski definition) is 2. The zero-order chi connectivity index (χ0) is 13.4. The molecule has 17 heavy (non-hydrogen) atoms. The van der Waals surface area contributed by atoms with E-state index in [0.29, 0.717) is 12.5 Å². The van der Waals surface area contributed by atoms with Crippen LogP contribution in [0.25, 0.3) is 0 Å². The molecule has 0 saturated carbocycles. The van der Waals surface area contributed by atoms with Crippen LogP contribution in [0, 0.1) is 5.92 Å².